The van der Waals surface area contributed by atoms with Gasteiger partial charge in [0.1, 0.15) is 12.2 Å². The summed E-state index contributed by atoms with van der Waals surface area (Å²) in [7, 11) is 5.14. The molecule has 0 N–H and O–H groups in total. The number of hydrogen-bond acceptors (Lipinski definition) is 3. The molecule has 0 aliphatic rings. The predicted octanol–water partition coefficient (Wildman–Crippen LogP) is 0.398. The van der Waals surface area contributed by atoms with E-state index in [4.69, 9.17) is 7.85 Å². The van der Waals surface area contributed by atoms with Crippen LogP contribution in [0.15, 0.2) is 0 Å². The fraction of sp³-hybridized carbons (Fsp3) is 0.667. The molecule has 0 aromatic rings. The highest BCUT2D eigenvalue weighted by Crippen LogP contribution is 1.99. The molecule has 0 rings (SSSR count). The van der Waals surface area contributed by atoms with Gasteiger partial charge in [-0.25, -0.2) is 0 Å². The fourth-order valence-electron chi connectivity index (χ4n) is 0.452. The molecule has 0 bridgehead atoms. The normalized spacial score (nSPS) is 12.2. The van der Waals surface area contributed by atoms with Crippen LogP contribution in [-0.2, 0) is 14.3 Å². The Hall–Kier alpha value is -0.315. The predicted molar refractivity (Wildman–Crippen MR) is 44.7 cm³/mol. The number of ketones is 1. The van der Waals surface area contributed by atoms with Gasteiger partial charge in [0, 0.05) is 4.73 Å². The van der Waals surface area contributed by atoms with Crippen LogP contribution in [0, 0.1) is 0 Å². The van der Waals surface area contributed by atoms with Crippen LogP contribution in [0.4, 0.5) is 0 Å². The number of esters is 1. The number of carbonyl (C=O) groups excluding carboxylic acids is 2. The third-order valence-corrected chi connectivity index (χ3v) is 1.44. The summed E-state index contributed by atoms with van der Waals surface area (Å²) in [5, 5.41) is 0. The van der Waals surface area contributed by atoms with E-state index in [1.165, 1.54) is 0 Å². The van der Waals surface area contributed by atoms with Crippen molar-refractivity contribution in [2.45, 2.75) is 18.1 Å². The number of rotatable bonds is 4. The van der Waals surface area contributed by atoms with Crippen molar-refractivity contribution in [2.24, 2.45) is 0 Å². The van der Waals surface area contributed by atoms with Crippen molar-refractivity contribution in [2.75, 3.05) is 6.61 Å². The summed E-state index contributed by atoms with van der Waals surface area (Å²) in [5.41, 5.74) is 0. The maximum absolute atomic E-state index is 10.8. The van der Waals surface area contributed by atoms with Crippen LogP contribution in [0.25, 0.3) is 0 Å². The van der Waals surface area contributed by atoms with Crippen LogP contribution >= 0.6 is 15.9 Å². The van der Waals surface area contributed by atoms with E-state index in [9.17, 15) is 9.59 Å². The molecule has 0 aromatic carbocycles. The highest BCUT2D eigenvalue weighted by Gasteiger charge is 2.13. The maximum atomic E-state index is 10.8. The molecule has 1 unspecified atom stereocenters. The summed E-state index contributed by atoms with van der Waals surface area (Å²) >= 11 is 2.84. The number of carbonyl (C=O) groups is 2. The lowest BCUT2D eigenvalue weighted by molar-refractivity contribution is -0.145. The van der Waals surface area contributed by atoms with Crippen LogP contribution in [0.1, 0.15) is 13.3 Å². The average Bonchev–Trinajstić information content (AvgIpc) is 1.87. The average molecular weight is 219 g/mol. The Morgan fingerprint density at radius 1 is 1.64 bits per heavy atom. The molecule has 0 aromatic heterocycles. The Kier molecular flexibility index (Phi) is 5.20. The molecule has 0 saturated heterocycles. The zero-order chi connectivity index (χ0) is 8.85. The lowest BCUT2D eigenvalue weighted by atomic mass is 9.99. The first-order valence-corrected chi connectivity index (χ1v) is 4.07. The molecular formula is C6H8BBrO3. The third kappa shape index (κ3) is 5.01. The minimum absolute atomic E-state index is 0.264. The number of hydrogen-bond donors (Lipinski definition) is 0. The minimum atomic E-state index is -0.771. The van der Waals surface area contributed by atoms with Gasteiger partial charge in [-0.3, -0.25) is 9.59 Å². The fourth-order valence-corrected chi connectivity index (χ4v) is 0.614. The lowest BCUT2D eigenvalue weighted by Crippen LogP contribution is -2.19. The van der Waals surface area contributed by atoms with Gasteiger partial charge in [-0.15, -0.1) is 0 Å². The van der Waals surface area contributed by atoms with Crippen LogP contribution in [0.5, 0.6) is 0 Å². The van der Waals surface area contributed by atoms with E-state index in [0.717, 1.165) is 0 Å². The lowest BCUT2D eigenvalue weighted by Gasteiger charge is -2.01. The van der Waals surface area contributed by atoms with Gasteiger partial charge < -0.3 is 4.74 Å². The van der Waals surface area contributed by atoms with Gasteiger partial charge >= 0.3 is 5.97 Å². The van der Waals surface area contributed by atoms with Crippen LogP contribution in [-0.4, -0.2) is 30.9 Å². The minimum Gasteiger partial charge on any atom is -0.466 e. The topological polar surface area (TPSA) is 43.4 Å². The molecule has 3 nitrogen and oxygen atoms in total. The van der Waals surface area contributed by atoms with Gasteiger partial charge in [0.15, 0.2) is 0 Å². The van der Waals surface area contributed by atoms with Crippen LogP contribution in [0.2, 0.25) is 0 Å². The Labute approximate surface area is 75.0 Å². The van der Waals surface area contributed by atoms with Gasteiger partial charge in [-0.05, 0) is 6.92 Å². The van der Waals surface area contributed by atoms with Crippen molar-refractivity contribution in [3.05, 3.63) is 0 Å². The molecule has 0 heterocycles. The Balaban J connectivity index is 3.67. The quantitative estimate of drug-likeness (QED) is 0.297. The molecule has 0 aliphatic carbocycles. The summed E-state index contributed by atoms with van der Waals surface area (Å²) in [4.78, 5) is 21.4. The summed E-state index contributed by atoms with van der Waals surface area (Å²) in [5.74, 6) is -0.907. The first-order chi connectivity index (χ1) is 5.07. The first kappa shape index (κ1) is 10.7. The number of ether oxygens (including phenoxy) is 1. The van der Waals surface area contributed by atoms with Crippen molar-refractivity contribution >= 4 is 35.5 Å². The van der Waals surface area contributed by atoms with E-state index in [1.807, 2.05) is 0 Å². The first-order valence-electron chi connectivity index (χ1n) is 3.16. The second kappa shape index (κ2) is 5.35. The second-order valence-corrected chi connectivity index (χ2v) is 2.84. The molecular weight excluding hydrogens is 211 g/mol. The van der Waals surface area contributed by atoms with E-state index in [0.29, 0.717) is 0 Å². The van der Waals surface area contributed by atoms with E-state index in [1.54, 1.807) is 6.92 Å². The zero-order valence-corrected chi connectivity index (χ0v) is 7.76. The molecule has 5 heteroatoms. The number of Topliss-reactive ketones (excluding diaryl/α,β-unsaturated/α-hetero) is 1. The summed E-state index contributed by atoms with van der Waals surface area (Å²) in [6.07, 6.45) is -0.264. The smallest absolute Gasteiger partial charge is 0.313 e. The highest BCUT2D eigenvalue weighted by molar-refractivity contribution is 9.10. The van der Waals surface area contributed by atoms with E-state index < -0.39 is 10.7 Å². The Morgan fingerprint density at radius 3 is 2.55 bits per heavy atom. The number of alkyl halides is 1. The molecule has 1 atom stereocenters. The van der Waals surface area contributed by atoms with Crippen LogP contribution < -0.4 is 0 Å². The van der Waals surface area contributed by atoms with Crippen molar-refractivity contribution in [1.82, 2.24) is 0 Å². The molecule has 0 spiro atoms. The Bertz CT molecular complexity index is 158. The second-order valence-electron chi connectivity index (χ2n) is 1.85. The summed E-state index contributed by atoms with van der Waals surface area (Å²) in [6, 6.07) is 0. The van der Waals surface area contributed by atoms with Crippen molar-refractivity contribution in [3.8, 4) is 0 Å². The standard InChI is InChI=1S/C6H8BBrO3/c1-2-11-5(10)3-4(9)6(7)8/h6H,2-3H2,1H3. The number of halogens is 1. The summed E-state index contributed by atoms with van der Waals surface area (Å²) < 4.78 is 3.76. The SMILES string of the molecule is [B]C(Br)C(=O)CC(=O)OCC. The largest absolute Gasteiger partial charge is 0.466 e. The van der Waals surface area contributed by atoms with Crippen molar-refractivity contribution < 1.29 is 14.3 Å². The molecule has 2 radical (unpaired) electrons. The third-order valence-electron chi connectivity index (χ3n) is 0.931. The molecule has 0 amide bonds. The molecule has 0 fully saturated rings. The van der Waals surface area contributed by atoms with E-state index in [2.05, 4.69) is 20.7 Å². The van der Waals surface area contributed by atoms with E-state index >= 15 is 0 Å². The van der Waals surface area contributed by atoms with Gasteiger partial charge in [0.2, 0.25) is 0 Å². The van der Waals surface area contributed by atoms with Gasteiger partial charge in [-0.1, -0.05) is 15.9 Å². The maximum Gasteiger partial charge on any atom is 0.313 e. The molecule has 60 valence electrons. The molecule has 11 heavy (non-hydrogen) atoms. The molecule has 0 saturated carbocycles. The Morgan fingerprint density at radius 2 is 2.18 bits per heavy atom. The highest BCUT2D eigenvalue weighted by atomic mass is 79.9. The van der Waals surface area contributed by atoms with Crippen molar-refractivity contribution in [3.63, 3.8) is 0 Å². The van der Waals surface area contributed by atoms with Gasteiger partial charge in [0.25, 0.3) is 0 Å². The summed E-state index contributed by atoms with van der Waals surface area (Å²) in [6.45, 7) is 1.96. The van der Waals surface area contributed by atoms with E-state index in [-0.39, 0.29) is 18.8 Å². The van der Waals surface area contributed by atoms with Crippen molar-refractivity contribution in [1.29, 1.82) is 0 Å². The molecule has 0 aliphatic heterocycles. The van der Waals surface area contributed by atoms with Crippen LogP contribution in [0.3, 0.4) is 0 Å². The van der Waals surface area contributed by atoms with Gasteiger partial charge in [-0.2, -0.15) is 0 Å². The van der Waals surface area contributed by atoms with Gasteiger partial charge in [0.05, 0.1) is 14.5 Å². The monoisotopic (exact) mass is 218 g/mol. The zero-order valence-electron chi connectivity index (χ0n) is 6.17.